The van der Waals surface area contributed by atoms with Crippen molar-refractivity contribution in [1.29, 1.82) is 0 Å². The zero-order valence-electron chi connectivity index (χ0n) is 55.5. The van der Waals surface area contributed by atoms with E-state index in [4.69, 9.17) is 27.1 Å². The summed E-state index contributed by atoms with van der Waals surface area (Å²) in [6.45, 7) is 49.4. The average molecular weight is 1190 g/mol. The number of aryl methyl sites for hydroxylation is 2. The van der Waals surface area contributed by atoms with Crippen LogP contribution in [0.15, 0.2) is 170 Å². The van der Waals surface area contributed by atoms with Crippen LogP contribution in [0.25, 0.3) is 0 Å². The van der Waals surface area contributed by atoms with Gasteiger partial charge in [-0.15, -0.1) is 0 Å². The molecular weight excluding hydrogens is 1090 g/mol. The number of benzene rings is 8. The first-order valence-corrected chi connectivity index (χ1v) is 32.7. The van der Waals surface area contributed by atoms with Crippen molar-refractivity contribution in [3.63, 3.8) is 0 Å². The lowest BCUT2D eigenvalue weighted by molar-refractivity contribution is 0.374. The van der Waals surface area contributed by atoms with Crippen molar-refractivity contribution in [2.24, 2.45) is 0 Å². The summed E-state index contributed by atoms with van der Waals surface area (Å²) in [5.41, 5.74) is 14.2. The van der Waals surface area contributed by atoms with E-state index < -0.39 is 17.2 Å². The Morgan fingerprint density at radius 3 is 0.570 bits per heavy atom. The summed E-state index contributed by atoms with van der Waals surface area (Å²) >= 11 is 0. The monoisotopic (exact) mass is 1190 g/mol. The fourth-order valence-electron chi connectivity index (χ4n) is 11.6. The maximum atomic E-state index is 7.14. The Morgan fingerprint density at radius 1 is 0.267 bits per heavy atom. The summed E-state index contributed by atoms with van der Waals surface area (Å²) in [5, 5.41) is 0. The van der Waals surface area contributed by atoms with E-state index in [9.17, 15) is 0 Å². The molecule has 0 aromatic heterocycles. The first-order chi connectivity index (χ1) is 39.9. The van der Waals surface area contributed by atoms with Crippen molar-refractivity contribution in [3.8, 4) is 34.5 Å². The number of hydrogen-bond donors (Lipinski definition) is 0. The highest BCUT2D eigenvalue weighted by atomic mass is 31.2. The van der Waals surface area contributed by atoms with Gasteiger partial charge in [0.15, 0.2) is 0 Å². The first-order valence-electron chi connectivity index (χ1n) is 30.6. The molecule has 0 atom stereocenters. The van der Waals surface area contributed by atoms with Crippen LogP contribution in [0.5, 0.6) is 34.5 Å². The van der Waals surface area contributed by atoms with Gasteiger partial charge in [-0.2, -0.15) is 0 Å². The molecule has 8 heteroatoms. The lowest BCUT2D eigenvalue weighted by Crippen LogP contribution is -2.22. The van der Waals surface area contributed by atoms with Gasteiger partial charge in [0.1, 0.15) is 34.5 Å². The van der Waals surface area contributed by atoms with Crippen LogP contribution < -0.4 is 27.1 Å². The molecule has 0 saturated heterocycles. The van der Waals surface area contributed by atoms with Gasteiger partial charge in [0.2, 0.25) is 0 Å². The molecule has 10 heterocycles. The van der Waals surface area contributed by atoms with Crippen molar-refractivity contribution in [1.82, 2.24) is 0 Å². The lowest BCUT2D eigenvalue weighted by Gasteiger charge is -2.32. The molecule has 0 radical (unpaired) electrons. The van der Waals surface area contributed by atoms with E-state index in [2.05, 4.69) is 274 Å². The third kappa shape index (κ3) is 13.7. The van der Waals surface area contributed by atoms with E-state index in [0.29, 0.717) is 23.0 Å². The van der Waals surface area contributed by atoms with Crippen molar-refractivity contribution < 1.29 is 27.1 Å². The predicted molar refractivity (Wildman–Crippen MR) is 362 cm³/mol. The molecule has 0 fully saturated rings. The summed E-state index contributed by atoms with van der Waals surface area (Å²) in [7, 11) is -4.00. The zero-order chi connectivity index (χ0) is 62.7. The minimum atomic E-state index is -2.00. The highest BCUT2D eigenvalue weighted by Gasteiger charge is 2.36. The Labute approximate surface area is 519 Å². The number of rotatable bonds is 4. The molecule has 0 aliphatic carbocycles. The molecule has 0 N–H and O–H groups in total. The molecule has 12 bridgehead atoms. The standard InChI is InChI=1S/C78H94O6P2/c1-51-47-65(71(3,4)5)69(66(48-51)72(6,7)8)83-85-79-61-39-31-57(32-40-61)75(15,16)53-23-27-55(28-24-53)77(19,20)59-35-43-63(44-36-59)81-86(84-70-67(73(9,10)11)49-52(2)50-68(70)74(12,13)14)82-64-45-37-60(38-46-64)78(21,22)56-29-25-54(26-30-56)76(17,18)58-33-41-62(80-85)42-34-58/h23-50H,1-22H3. The topological polar surface area (TPSA) is 55.4 Å². The molecule has 8 aromatic rings. The molecule has 0 saturated carbocycles. The van der Waals surface area contributed by atoms with Crippen LogP contribution in [0.3, 0.4) is 0 Å². The van der Waals surface area contributed by atoms with Crippen LogP contribution in [-0.4, -0.2) is 0 Å². The maximum absolute atomic E-state index is 7.14. The second-order valence-corrected chi connectivity index (χ2v) is 32.1. The molecule has 0 amide bonds. The molecular formula is C78H94O6P2. The third-order valence-electron chi connectivity index (χ3n) is 17.7. The van der Waals surface area contributed by atoms with Crippen molar-refractivity contribution in [2.75, 3.05) is 0 Å². The van der Waals surface area contributed by atoms with E-state index in [1.165, 1.54) is 33.4 Å². The second kappa shape index (κ2) is 23.5. The Bertz CT molecular complexity index is 3180. The minimum absolute atomic E-state index is 0.211. The molecule has 10 aliphatic rings. The SMILES string of the molecule is Cc1cc(C(C)(C)C)c(OP2Oc3ccc(cc3)C(C)(C)c3ccc(cc3)C(C)(C)c3ccc(cc3)OP(Oc3c(C(C)(C)C)cc(C)cc3C(C)(C)C)Oc3ccc(cc3)C(C)(C)c3ccc(cc3)C(C)(C)c3ccc(cc3)O2)c(C(C)(C)C)c1. The largest absolute Gasteiger partial charge is 0.530 e. The van der Waals surface area contributed by atoms with Crippen LogP contribution in [0.1, 0.15) is 216 Å². The molecule has 86 heavy (non-hydrogen) atoms. The fourth-order valence-corrected chi connectivity index (χ4v) is 13.7. The van der Waals surface area contributed by atoms with Crippen molar-refractivity contribution in [3.05, 3.63) is 248 Å². The average Bonchev–Trinajstić information content (AvgIpc) is 1.02. The maximum Gasteiger partial charge on any atom is 0.530 e. The molecule has 0 unspecified atom stereocenters. The summed E-state index contributed by atoms with van der Waals surface area (Å²) in [4.78, 5) is 0. The van der Waals surface area contributed by atoms with Gasteiger partial charge in [0.25, 0.3) is 0 Å². The quantitative estimate of drug-likeness (QED) is 0.164. The van der Waals surface area contributed by atoms with E-state index in [1.807, 2.05) is 48.5 Å². The Hall–Kier alpha value is -6.58. The van der Waals surface area contributed by atoms with Crippen LogP contribution in [-0.2, 0) is 43.3 Å². The predicted octanol–water partition coefficient (Wildman–Crippen LogP) is 22.6. The van der Waals surface area contributed by atoms with Gasteiger partial charge >= 0.3 is 17.2 Å². The molecule has 8 aromatic carbocycles. The Balaban J connectivity index is 1.11. The smallest absolute Gasteiger partial charge is 0.409 e. The van der Waals surface area contributed by atoms with Crippen molar-refractivity contribution in [2.45, 2.75) is 196 Å². The summed E-state index contributed by atoms with van der Waals surface area (Å²) in [5.74, 6) is 4.27. The Morgan fingerprint density at radius 2 is 0.419 bits per heavy atom. The van der Waals surface area contributed by atoms with E-state index in [1.54, 1.807) is 0 Å². The zero-order valence-corrected chi connectivity index (χ0v) is 57.3. The second-order valence-electron chi connectivity index (χ2n) is 30.1. The Kier molecular flexibility index (Phi) is 17.5. The van der Waals surface area contributed by atoms with E-state index in [0.717, 1.165) is 56.0 Å². The fraction of sp³-hybridized carbons (Fsp3) is 0.385. The van der Waals surface area contributed by atoms with E-state index >= 15 is 0 Å². The highest BCUT2D eigenvalue weighted by Crippen LogP contribution is 2.52. The van der Waals surface area contributed by atoms with E-state index in [-0.39, 0.29) is 43.3 Å². The molecule has 10 aliphatic heterocycles. The third-order valence-corrected chi connectivity index (χ3v) is 19.8. The normalized spacial score (nSPS) is 17.7. The van der Waals surface area contributed by atoms with Crippen LogP contribution in [0, 0.1) is 13.8 Å². The van der Waals surface area contributed by atoms with Gasteiger partial charge in [-0.05, 0) is 129 Å². The van der Waals surface area contributed by atoms with Crippen LogP contribution in [0.2, 0.25) is 0 Å². The lowest BCUT2D eigenvalue weighted by atomic mass is 9.74. The molecule has 18 rings (SSSR count). The highest BCUT2D eigenvalue weighted by molar-refractivity contribution is 7.43. The summed E-state index contributed by atoms with van der Waals surface area (Å²) in [6, 6.07) is 60.8. The summed E-state index contributed by atoms with van der Waals surface area (Å²) in [6.07, 6.45) is 0. The minimum Gasteiger partial charge on any atom is -0.409 e. The van der Waals surface area contributed by atoms with Crippen molar-refractivity contribution >= 4 is 17.2 Å². The van der Waals surface area contributed by atoms with Gasteiger partial charge < -0.3 is 27.1 Å². The summed E-state index contributed by atoms with van der Waals surface area (Å²) < 4.78 is 41.8. The van der Waals surface area contributed by atoms with Gasteiger partial charge in [0.05, 0.1) is 0 Å². The first kappa shape index (κ1) is 63.9. The molecule has 0 spiro atoms. The number of hydrogen-bond acceptors (Lipinski definition) is 6. The molecule has 452 valence electrons. The van der Waals surface area contributed by atoms with Gasteiger partial charge in [-0.25, -0.2) is 0 Å². The van der Waals surface area contributed by atoms with Gasteiger partial charge in [-0.1, -0.05) is 271 Å². The van der Waals surface area contributed by atoms with Gasteiger partial charge in [0, 0.05) is 43.9 Å². The van der Waals surface area contributed by atoms with Crippen LogP contribution >= 0.6 is 17.2 Å². The van der Waals surface area contributed by atoms with Crippen LogP contribution in [0.4, 0.5) is 0 Å². The van der Waals surface area contributed by atoms with Gasteiger partial charge in [-0.3, -0.25) is 0 Å². The molecule has 6 nitrogen and oxygen atoms in total.